The predicted molar refractivity (Wildman–Crippen MR) is 163 cm³/mol. The molecule has 0 fully saturated rings. The number of benzene rings is 5. The van der Waals surface area contributed by atoms with Crippen LogP contribution in [0.4, 0.5) is 0 Å². The van der Waals surface area contributed by atoms with Crippen molar-refractivity contribution in [3.05, 3.63) is 173 Å². The maximum Gasteiger partial charge on any atom is 0.0541 e. The third-order valence-electron chi connectivity index (χ3n) is 8.34. The molecule has 0 aliphatic heterocycles. The average molecular weight is 498 g/mol. The quantitative estimate of drug-likeness (QED) is 0.236. The van der Waals surface area contributed by atoms with Crippen LogP contribution in [0.1, 0.15) is 17.5 Å². The van der Waals surface area contributed by atoms with E-state index >= 15 is 0 Å². The third-order valence-corrected chi connectivity index (χ3v) is 8.34. The van der Waals surface area contributed by atoms with E-state index in [0.29, 0.717) is 5.92 Å². The van der Waals surface area contributed by atoms with Crippen molar-refractivity contribution in [2.24, 2.45) is 5.92 Å². The summed E-state index contributed by atoms with van der Waals surface area (Å²) >= 11 is 0. The van der Waals surface area contributed by atoms with Crippen LogP contribution in [0.3, 0.4) is 0 Å². The van der Waals surface area contributed by atoms with Crippen LogP contribution in [0.5, 0.6) is 0 Å². The molecule has 2 aliphatic rings. The molecule has 1 heterocycles. The SMILES string of the molecule is C1=CCC2C(=C1)C(c1ccc3c(c1)c1ccccc1n3-c1ccccc1)=c1ccccc1=C2c1ccccc1. The number of nitrogens with zero attached hydrogens (tertiary/aromatic N) is 1. The molecule has 0 spiro atoms. The molecule has 1 unspecified atom stereocenters. The molecule has 0 bridgehead atoms. The van der Waals surface area contributed by atoms with Gasteiger partial charge in [0.2, 0.25) is 0 Å². The maximum atomic E-state index is 2.42. The van der Waals surface area contributed by atoms with Gasteiger partial charge >= 0.3 is 0 Å². The Bertz CT molecular complexity index is 2070. The van der Waals surface area contributed by atoms with Crippen LogP contribution >= 0.6 is 0 Å². The Morgan fingerprint density at radius 3 is 2.10 bits per heavy atom. The van der Waals surface area contributed by atoms with Crippen molar-refractivity contribution in [1.29, 1.82) is 0 Å². The van der Waals surface area contributed by atoms with Gasteiger partial charge in [-0.25, -0.2) is 0 Å². The minimum absolute atomic E-state index is 0.337. The van der Waals surface area contributed by atoms with E-state index in [2.05, 4.69) is 150 Å². The molecule has 184 valence electrons. The van der Waals surface area contributed by atoms with E-state index in [-0.39, 0.29) is 0 Å². The summed E-state index contributed by atoms with van der Waals surface area (Å²) < 4.78 is 2.39. The predicted octanol–water partition coefficient (Wildman–Crippen LogP) is 7.70. The van der Waals surface area contributed by atoms with Crippen LogP contribution in [0.25, 0.3) is 38.6 Å². The monoisotopic (exact) mass is 497 g/mol. The number of para-hydroxylation sites is 2. The van der Waals surface area contributed by atoms with Gasteiger partial charge in [-0.15, -0.1) is 0 Å². The zero-order valence-corrected chi connectivity index (χ0v) is 21.6. The van der Waals surface area contributed by atoms with Gasteiger partial charge in [-0.05, 0) is 75.0 Å². The fourth-order valence-corrected chi connectivity index (χ4v) is 6.72. The Hall–Kier alpha value is -4.88. The van der Waals surface area contributed by atoms with E-state index in [4.69, 9.17) is 0 Å². The highest BCUT2D eigenvalue weighted by Crippen LogP contribution is 2.41. The Morgan fingerprint density at radius 2 is 1.26 bits per heavy atom. The fraction of sp³-hybridized carbons (Fsp3) is 0.0526. The van der Waals surface area contributed by atoms with Gasteiger partial charge in [0.1, 0.15) is 0 Å². The first kappa shape index (κ1) is 22.1. The van der Waals surface area contributed by atoms with Crippen molar-refractivity contribution in [1.82, 2.24) is 4.57 Å². The van der Waals surface area contributed by atoms with Crippen LogP contribution in [-0.2, 0) is 0 Å². The molecule has 1 aromatic heterocycles. The Morgan fingerprint density at radius 1 is 0.564 bits per heavy atom. The van der Waals surface area contributed by atoms with E-state index in [1.54, 1.807) is 0 Å². The molecule has 5 aromatic carbocycles. The van der Waals surface area contributed by atoms with Gasteiger partial charge in [-0.1, -0.05) is 115 Å². The molecule has 6 aromatic rings. The fourth-order valence-electron chi connectivity index (χ4n) is 6.72. The Balaban J connectivity index is 1.47. The first-order chi connectivity index (χ1) is 19.4. The number of allylic oxidation sites excluding steroid dienone is 4. The van der Waals surface area contributed by atoms with Gasteiger partial charge < -0.3 is 4.57 Å². The van der Waals surface area contributed by atoms with Crippen LogP contribution in [-0.4, -0.2) is 4.57 Å². The van der Waals surface area contributed by atoms with E-state index in [9.17, 15) is 0 Å². The minimum Gasteiger partial charge on any atom is -0.309 e. The highest BCUT2D eigenvalue weighted by atomic mass is 15.0. The molecule has 39 heavy (non-hydrogen) atoms. The first-order valence-electron chi connectivity index (χ1n) is 13.7. The molecule has 0 saturated carbocycles. The molecule has 2 aliphatic carbocycles. The zero-order chi connectivity index (χ0) is 25.8. The Kier molecular flexibility index (Phi) is 5.03. The third kappa shape index (κ3) is 3.40. The number of hydrogen-bond donors (Lipinski definition) is 0. The standard InChI is InChI=1S/C38H27N/c1-3-13-26(14-4-1)37-30-18-7-9-20-32(30)38(33-21-10-8-19-31(33)37)27-23-24-36-34(25-27)29-17-11-12-22-35(29)39(36)28-15-5-2-6-16-28/h1-18,20-25,31H,19H2. The first-order valence-corrected chi connectivity index (χ1v) is 13.7. The van der Waals surface area contributed by atoms with Gasteiger partial charge in [0.05, 0.1) is 11.0 Å². The molecule has 0 amide bonds. The summed E-state index contributed by atoms with van der Waals surface area (Å²) in [5.41, 5.74) is 10.5. The van der Waals surface area contributed by atoms with Crippen LogP contribution < -0.4 is 10.4 Å². The summed E-state index contributed by atoms with van der Waals surface area (Å²) in [6, 6.07) is 46.5. The van der Waals surface area contributed by atoms with Crippen molar-refractivity contribution in [3.8, 4) is 5.69 Å². The average Bonchev–Trinajstić information content (AvgIpc) is 3.34. The van der Waals surface area contributed by atoms with Crippen molar-refractivity contribution >= 4 is 33.0 Å². The lowest BCUT2D eigenvalue weighted by atomic mass is 9.72. The molecular formula is C38H27N. The molecule has 0 radical (unpaired) electrons. The maximum absolute atomic E-state index is 2.42. The number of rotatable bonds is 3. The van der Waals surface area contributed by atoms with E-state index in [0.717, 1.165) is 6.42 Å². The van der Waals surface area contributed by atoms with E-state index in [1.807, 2.05) is 0 Å². The summed E-state index contributed by atoms with van der Waals surface area (Å²) in [4.78, 5) is 0. The van der Waals surface area contributed by atoms with Crippen molar-refractivity contribution in [3.63, 3.8) is 0 Å². The van der Waals surface area contributed by atoms with Crippen LogP contribution in [0.15, 0.2) is 151 Å². The molecule has 0 N–H and O–H groups in total. The number of fused-ring (bicyclic) bond motifs is 5. The summed E-state index contributed by atoms with van der Waals surface area (Å²) in [5, 5.41) is 5.25. The van der Waals surface area contributed by atoms with Gasteiger partial charge in [-0.3, -0.25) is 0 Å². The topological polar surface area (TPSA) is 4.93 Å². The number of hydrogen-bond acceptors (Lipinski definition) is 0. The largest absolute Gasteiger partial charge is 0.309 e. The summed E-state index contributed by atoms with van der Waals surface area (Å²) in [5.74, 6) is 0.337. The molecule has 8 rings (SSSR count). The van der Waals surface area contributed by atoms with Gasteiger partial charge in [0, 0.05) is 22.4 Å². The molecule has 1 nitrogen and oxygen atoms in total. The summed E-state index contributed by atoms with van der Waals surface area (Å²) in [6.45, 7) is 0. The van der Waals surface area contributed by atoms with Crippen LogP contribution in [0.2, 0.25) is 0 Å². The normalized spacial score (nSPS) is 16.3. The second-order valence-corrected chi connectivity index (χ2v) is 10.5. The molecule has 1 atom stereocenters. The molecule has 0 saturated heterocycles. The van der Waals surface area contributed by atoms with E-state index < -0.39 is 0 Å². The van der Waals surface area contributed by atoms with Crippen molar-refractivity contribution in [2.75, 3.05) is 0 Å². The van der Waals surface area contributed by atoms with Gasteiger partial charge in [0.25, 0.3) is 0 Å². The zero-order valence-electron chi connectivity index (χ0n) is 21.6. The lowest BCUT2D eigenvalue weighted by Crippen LogP contribution is -2.37. The van der Waals surface area contributed by atoms with Crippen molar-refractivity contribution in [2.45, 2.75) is 6.42 Å². The Labute approximate surface area is 228 Å². The second-order valence-electron chi connectivity index (χ2n) is 10.5. The minimum atomic E-state index is 0.337. The second kappa shape index (κ2) is 8.85. The van der Waals surface area contributed by atoms with Gasteiger partial charge in [-0.2, -0.15) is 0 Å². The lowest BCUT2D eigenvalue weighted by Gasteiger charge is -2.31. The summed E-state index contributed by atoms with van der Waals surface area (Å²) in [6.07, 6.45) is 7.92. The van der Waals surface area contributed by atoms with Crippen molar-refractivity contribution < 1.29 is 0 Å². The van der Waals surface area contributed by atoms with E-state index in [1.165, 1.54) is 65.8 Å². The number of aromatic nitrogens is 1. The smallest absolute Gasteiger partial charge is 0.0541 e. The van der Waals surface area contributed by atoms with Crippen LogP contribution in [0, 0.1) is 5.92 Å². The highest BCUT2D eigenvalue weighted by molar-refractivity contribution is 6.10. The summed E-state index contributed by atoms with van der Waals surface area (Å²) in [7, 11) is 0. The highest BCUT2D eigenvalue weighted by Gasteiger charge is 2.29. The molecular weight excluding hydrogens is 470 g/mol. The molecule has 1 heteroatoms. The lowest BCUT2D eigenvalue weighted by molar-refractivity contribution is 0.798. The van der Waals surface area contributed by atoms with Gasteiger partial charge in [0.15, 0.2) is 0 Å².